The highest BCUT2D eigenvalue weighted by Gasteiger charge is 2.06. The molecule has 0 aliphatic heterocycles. The van der Waals surface area contributed by atoms with E-state index in [9.17, 15) is 4.79 Å². The van der Waals surface area contributed by atoms with Gasteiger partial charge in [-0.25, -0.2) is 9.97 Å². The van der Waals surface area contributed by atoms with Gasteiger partial charge >= 0.3 is 0 Å². The number of carbonyl (C=O) groups excluding carboxylic acids is 1. The standard InChI is InChI=1S/C14H25N5O/c1-11(2)7-16-8-12-9-17-14(18-10-12)19(4)6-5-13(20)15-3/h9-11,16H,5-8H2,1-4H3,(H,15,20). The normalized spacial score (nSPS) is 10.7. The molecule has 0 aliphatic carbocycles. The van der Waals surface area contributed by atoms with Gasteiger partial charge in [-0.3, -0.25) is 4.79 Å². The molecule has 6 nitrogen and oxygen atoms in total. The van der Waals surface area contributed by atoms with Crippen molar-refractivity contribution in [1.82, 2.24) is 20.6 Å². The van der Waals surface area contributed by atoms with Crippen LogP contribution in [-0.2, 0) is 11.3 Å². The molecule has 0 saturated heterocycles. The molecular weight excluding hydrogens is 254 g/mol. The van der Waals surface area contributed by atoms with Gasteiger partial charge < -0.3 is 15.5 Å². The van der Waals surface area contributed by atoms with E-state index < -0.39 is 0 Å². The Morgan fingerprint density at radius 2 is 2.00 bits per heavy atom. The Hall–Kier alpha value is -1.69. The lowest BCUT2D eigenvalue weighted by molar-refractivity contribution is -0.120. The molecule has 0 spiro atoms. The van der Waals surface area contributed by atoms with E-state index in [1.54, 1.807) is 7.05 Å². The summed E-state index contributed by atoms with van der Waals surface area (Å²) in [4.78, 5) is 21.7. The summed E-state index contributed by atoms with van der Waals surface area (Å²) in [6.07, 6.45) is 4.09. The third-order valence-corrected chi connectivity index (χ3v) is 2.87. The van der Waals surface area contributed by atoms with E-state index in [-0.39, 0.29) is 5.91 Å². The smallest absolute Gasteiger partial charge is 0.225 e. The number of aromatic nitrogens is 2. The molecule has 112 valence electrons. The predicted molar refractivity (Wildman–Crippen MR) is 80.5 cm³/mol. The second kappa shape index (κ2) is 8.47. The van der Waals surface area contributed by atoms with Gasteiger partial charge in [0.15, 0.2) is 0 Å². The first kappa shape index (κ1) is 16.4. The fourth-order valence-electron chi connectivity index (χ4n) is 1.64. The summed E-state index contributed by atoms with van der Waals surface area (Å²) in [5, 5.41) is 5.95. The van der Waals surface area contributed by atoms with Gasteiger partial charge in [-0.1, -0.05) is 13.8 Å². The quantitative estimate of drug-likeness (QED) is 0.736. The Kier molecular flexibility index (Phi) is 6.93. The number of hydrogen-bond acceptors (Lipinski definition) is 5. The molecule has 0 fully saturated rings. The van der Waals surface area contributed by atoms with E-state index in [0.29, 0.717) is 24.8 Å². The third-order valence-electron chi connectivity index (χ3n) is 2.87. The van der Waals surface area contributed by atoms with Crippen molar-refractivity contribution in [1.29, 1.82) is 0 Å². The average molecular weight is 279 g/mol. The average Bonchev–Trinajstić information content (AvgIpc) is 2.44. The van der Waals surface area contributed by atoms with Crippen molar-refractivity contribution in [2.24, 2.45) is 5.92 Å². The summed E-state index contributed by atoms with van der Waals surface area (Å²) in [5.74, 6) is 1.29. The Labute approximate surface area is 121 Å². The van der Waals surface area contributed by atoms with Crippen LogP contribution in [0.1, 0.15) is 25.8 Å². The lowest BCUT2D eigenvalue weighted by Gasteiger charge is -2.16. The van der Waals surface area contributed by atoms with Gasteiger partial charge in [0.1, 0.15) is 0 Å². The first-order valence-electron chi connectivity index (χ1n) is 6.96. The highest BCUT2D eigenvalue weighted by Crippen LogP contribution is 2.05. The molecule has 1 amide bonds. The molecule has 0 aliphatic rings. The van der Waals surface area contributed by atoms with Gasteiger partial charge in [0.2, 0.25) is 11.9 Å². The first-order valence-corrected chi connectivity index (χ1v) is 6.96. The molecule has 6 heteroatoms. The predicted octanol–water partition coefficient (Wildman–Crippen LogP) is 0.795. The second-order valence-electron chi connectivity index (χ2n) is 5.26. The number of carbonyl (C=O) groups is 1. The molecule has 0 atom stereocenters. The highest BCUT2D eigenvalue weighted by atomic mass is 16.1. The molecule has 0 saturated carbocycles. The van der Waals surface area contributed by atoms with E-state index in [4.69, 9.17) is 0 Å². The van der Waals surface area contributed by atoms with Crippen molar-refractivity contribution in [3.63, 3.8) is 0 Å². The maximum Gasteiger partial charge on any atom is 0.225 e. The Morgan fingerprint density at radius 1 is 1.35 bits per heavy atom. The molecule has 0 unspecified atom stereocenters. The van der Waals surface area contributed by atoms with Crippen LogP contribution in [-0.4, -0.2) is 43.1 Å². The lowest BCUT2D eigenvalue weighted by Crippen LogP contribution is -2.27. The molecule has 2 N–H and O–H groups in total. The van der Waals surface area contributed by atoms with Crippen molar-refractivity contribution in [3.8, 4) is 0 Å². The molecule has 0 radical (unpaired) electrons. The lowest BCUT2D eigenvalue weighted by atomic mass is 10.2. The number of hydrogen-bond donors (Lipinski definition) is 2. The maximum atomic E-state index is 11.2. The van der Waals surface area contributed by atoms with Crippen LogP contribution in [0, 0.1) is 5.92 Å². The Bertz CT molecular complexity index is 405. The van der Waals surface area contributed by atoms with Gasteiger partial charge in [-0.2, -0.15) is 0 Å². The number of rotatable bonds is 8. The molecule has 0 bridgehead atoms. The van der Waals surface area contributed by atoms with Crippen molar-refractivity contribution in [3.05, 3.63) is 18.0 Å². The number of amides is 1. The largest absolute Gasteiger partial charge is 0.359 e. The van der Waals surface area contributed by atoms with Crippen molar-refractivity contribution in [2.45, 2.75) is 26.8 Å². The summed E-state index contributed by atoms with van der Waals surface area (Å²) in [6, 6.07) is 0. The molecular formula is C14H25N5O. The summed E-state index contributed by atoms with van der Waals surface area (Å²) in [5.41, 5.74) is 1.06. The van der Waals surface area contributed by atoms with Crippen LogP contribution >= 0.6 is 0 Å². The molecule has 1 heterocycles. The summed E-state index contributed by atoms with van der Waals surface area (Å²) < 4.78 is 0. The van der Waals surface area contributed by atoms with Gasteiger partial charge in [-0.05, 0) is 12.5 Å². The molecule has 1 aromatic rings. The Balaban J connectivity index is 2.42. The number of anilines is 1. The van der Waals surface area contributed by atoms with Crippen LogP contribution in [0.3, 0.4) is 0 Å². The summed E-state index contributed by atoms with van der Waals surface area (Å²) >= 11 is 0. The van der Waals surface area contributed by atoms with Crippen molar-refractivity contribution >= 4 is 11.9 Å². The SMILES string of the molecule is CNC(=O)CCN(C)c1ncc(CNCC(C)C)cn1. The Morgan fingerprint density at radius 3 is 2.55 bits per heavy atom. The van der Waals surface area contributed by atoms with Gasteiger partial charge in [0, 0.05) is 51.6 Å². The van der Waals surface area contributed by atoms with Crippen molar-refractivity contribution < 1.29 is 4.79 Å². The maximum absolute atomic E-state index is 11.2. The van der Waals surface area contributed by atoms with E-state index in [2.05, 4.69) is 34.4 Å². The summed E-state index contributed by atoms with van der Waals surface area (Å²) in [6.45, 7) is 6.71. The van der Waals surface area contributed by atoms with Crippen LogP contribution in [0.4, 0.5) is 5.95 Å². The van der Waals surface area contributed by atoms with Crippen LogP contribution in [0.15, 0.2) is 12.4 Å². The molecule has 1 rings (SSSR count). The van der Waals surface area contributed by atoms with Crippen LogP contribution in [0.25, 0.3) is 0 Å². The van der Waals surface area contributed by atoms with Gasteiger partial charge in [0.05, 0.1) is 0 Å². The van der Waals surface area contributed by atoms with E-state index in [1.807, 2.05) is 24.3 Å². The zero-order valence-corrected chi connectivity index (χ0v) is 12.8. The number of nitrogens with zero attached hydrogens (tertiary/aromatic N) is 3. The monoisotopic (exact) mass is 279 g/mol. The zero-order valence-electron chi connectivity index (χ0n) is 12.8. The van der Waals surface area contributed by atoms with Crippen LogP contribution in [0.5, 0.6) is 0 Å². The fraction of sp³-hybridized carbons (Fsp3) is 0.643. The highest BCUT2D eigenvalue weighted by molar-refractivity contribution is 5.76. The topological polar surface area (TPSA) is 70.2 Å². The minimum atomic E-state index is 0.0198. The first-order chi connectivity index (χ1) is 9.52. The minimum Gasteiger partial charge on any atom is -0.359 e. The molecule has 1 aromatic heterocycles. The molecule has 0 aromatic carbocycles. The molecule has 20 heavy (non-hydrogen) atoms. The van der Waals surface area contributed by atoms with Crippen LogP contribution < -0.4 is 15.5 Å². The van der Waals surface area contributed by atoms with E-state index >= 15 is 0 Å². The van der Waals surface area contributed by atoms with Gasteiger partial charge in [-0.15, -0.1) is 0 Å². The van der Waals surface area contributed by atoms with Crippen LogP contribution in [0.2, 0.25) is 0 Å². The second-order valence-corrected chi connectivity index (χ2v) is 5.26. The zero-order chi connectivity index (χ0) is 15.0. The van der Waals surface area contributed by atoms with Gasteiger partial charge in [0.25, 0.3) is 0 Å². The third kappa shape index (κ3) is 5.97. The van der Waals surface area contributed by atoms with E-state index in [0.717, 1.165) is 18.7 Å². The number of nitrogens with one attached hydrogen (secondary N) is 2. The fourth-order valence-corrected chi connectivity index (χ4v) is 1.64. The van der Waals surface area contributed by atoms with Crippen molar-refractivity contribution in [2.75, 3.05) is 32.1 Å². The minimum absolute atomic E-state index is 0.0198. The van der Waals surface area contributed by atoms with E-state index in [1.165, 1.54) is 0 Å². The summed E-state index contributed by atoms with van der Waals surface area (Å²) in [7, 11) is 3.52.